The predicted octanol–water partition coefficient (Wildman–Crippen LogP) is 2.69. The van der Waals surface area contributed by atoms with E-state index in [9.17, 15) is 4.79 Å². The molecular weight excluding hydrogens is 174 g/mol. The number of anilines is 1. The minimum atomic E-state index is 0.0323. The number of carbonyl (C=O) groups is 1. The molecule has 0 saturated carbocycles. The fraction of sp³-hybridized carbons (Fsp3) is 0.417. The lowest BCUT2D eigenvalue weighted by molar-refractivity contribution is -0.117. The molecule has 1 heterocycles. The van der Waals surface area contributed by atoms with Crippen molar-refractivity contribution in [3.05, 3.63) is 29.3 Å². The van der Waals surface area contributed by atoms with Crippen LogP contribution in [0.15, 0.2) is 18.2 Å². The molecule has 74 valence electrons. The summed E-state index contributed by atoms with van der Waals surface area (Å²) in [6.07, 6.45) is 0. The summed E-state index contributed by atoms with van der Waals surface area (Å²) in [4.78, 5) is 11.7. The first-order valence-corrected chi connectivity index (χ1v) is 5.01. The van der Waals surface area contributed by atoms with Gasteiger partial charge in [0.15, 0.2) is 0 Å². The van der Waals surface area contributed by atoms with Gasteiger partial charge in [-0.2, -0.15) is 0 Å². The number of amides is 1. The second-order valence-electron chi connectivity index (χ2n) is 4.25. The van der Waals surface area contributed by atoms with E-state index in [-0.39, 0.29) is 11.8 Å². The van der Waals surface area contributed by atoms with Crippen molar-refractivity contribution in [2.45, 2.75) is 26.7 Å². The Hall–Kier alpha value is -1.31. The van der Waals surface area contributed by atoms with E-state index in [0.717, 1.165) is 16.8 Å². The molecule has 0 spiro atoms. The van der Waals surface area contributed by atoms with Gasteiger partial charge in [-0.25, -0.2) is 0 Å². The highest BCUT2D eigenvalue weighted by Crippen LogP contribution is 2.38. The Balaban J connectivity index is 2.53. The maximum Gasteiger partial charge on any atom is 0.232 e. The maximum absolute atomic E-state index is 11.7. The molecule has 1 N–H and O–H groups in total. The topological polar surface area (TPSA) is 29.1 Å². The van der Waals surface area contributed by atoms with Crippen molar-refractivity contribution >= 4 is 11.6 Å². The van der Waals surface area contributed by atoms with E-state index >= 15 is 0 Å². The Morgan fingerprint density at radius 2 is 2.07 bits per heavy atom. The number of hydrogen-bond acceptors (Lipinski definition) is 1. The van der Waals surface area contributed by atoms with Gasteiger partial charge in [0.05, 0.1) is 5.92 Å². The Bertz CT molecular complexity index is 382. The molecule has 2 nitrogen and oxygen atoms in total. The molecule has 14 heavy (non-hydrogen) atoms. The van der Waals surface area contributed by atoms with Gasteiger partial charge in [0.25, 0.3) is 0 Å². The third-order valence-electron chi connectivity index (χ3n) is 2.84. The quantitative estimate of drug-likeness (QED) is 0.723. The molecule has 1 aromatic carbocycles. The molecule has 0 saturated heterocycles. The fourth-order valence-electron chi connectivity index (χ4n) is 2.12. The van der Waals surface area contributed by atoms with Crippen LogP contribution in [0.4, 0.5) is 5.69 Å². The number of nitrogens with one attached hydrogen (secondary N) is 1. The molecule has 2 rings (SSSR count). The zero-order valence-corrected chi connectivity index (χ0v) is 8.79. The molecule has 0 aromatic heterocycles. The highest BCUT2D eigenvalue weighted by atomic mass is 16.2. The molecule has 1 aliphatic rings. The number of hydrogen-bond donors (Lipinski definition) is 1. The van der Waals surface area contributed by atoms with Crippen LogP contribution in [-0.2, 0) is 4.79 Å². The van der Waals surface area contributed by atoms with Crippen molar-refractivity contribution in [3.63, 3.8) is 0 Å². The van der Waals surface area contributed by atoms with E-state index in [1.54, 1.807) is 0 Å². The lowest BCUT2D eigenvalue weighted by Gasteiger charge is -2.12. The van der Waals surface area contributed by atoms with E-state index in [1.165, 1.54) is 0 Å². The smallest absolute Gasteiger partial charge is 0.232 e. The van der Waals surface area contributed by atoms with Gasteiger partial charge in [0.1, 0.15) is 0 Å². The van der Waals surface area contributed by atoms with Gasteiger partial charge in [0.2, 0.25) is 5.91 Å². The second kappa shape index (κ2) is 3.12. The third kappa shape index (κ3) is 1.22. The summed E-state index contributed by atoms with van der Waals surface area (Å²) in [5.41, 5.74) is 3.33. The SMILES string of the molecule is Cc1cccc2c1NC(=O)C2C(C)C. The van der Waals surface area contributed by atoms with Crippen molar-refractivity contribution in [2.24, 2.45) is 5.92 Å². The number of benzene rings is 1. The average Bonchev–Trinajstić information content (AvgIpc) is 2.42. The molecule has 1 unspecified atom stereocenters. The first kappa shape index (κ1) is 9.25. The molecule has 1 aromatic rings. The van der Waals surface area contributed by atoms with Gasteiger partial charge >= 0.3 is 0 Å². The molecule has 1 aliphatic heterocycles. The second-order valence-corrected chi connectivity index (χ2v) is 4.25. The van der Waals surface area contributed by atoms with Crippen LogP contribution >= 0.6 is 0 Å². The number of para-hydroxylation sites is 1. The third-order valence-corrected chi connectivity index (χ3v) is 2.84. The average molecular weight is 189 g/mol. The molecular formula is C12H15NO. The summed E-state index contributed by atoms with van der Waals surface area (Å²) in [6.45, 7) is 6.20. The normalized spacial score (nSPS) is 19.7. The highest BCUT2D eigenvalue weighted by molar-refractivity contribution is 6.03. The van der Waals surface area contributed by atoms with Crippen LogP contribution in [0, 0.1) is 12.8 Å². The fourth-order valence-corrected chi connectivity index (χ4v) is 2.12. The Labute approximate surface area is 84.3 Å². The number of rotatable bonds is 1. The van der Waals surface area contributed by atoms with Gasteiger partial charge in [-0.15, -0.1) is 0 Å². The van der Waals surface area contributed by atoms with E-state index in [4.69, 9.17) is 0 Å². The van der Waals surface area contributed by atoms with Crippen molar-refractivity contribution in [2.75, 3.05) is 5.32 Å². The van der Waals surface area contributed by atoms with Gasteiger partial charge in [-0.1, -0.05) is 32.0 Å². The summed E-state index contributed by atoms with van der Waals surface area (Å²) >= 11 is 0. The van der Waals surface area contributed by atoms with E-state index in [1.807, 2.05) is 25.1 Å². The van der Waals surface area contributed by atoms with Gasteiger partial charge in [-0.05, 0) is 24.0 Å². The minimum Gasteiger partial charge on any atom is -0.325 e. The van der Waals surface area contributed by atoms with Crippen LogP contribution in [0.5, 0.6) is 0 Å². The van der Waals surface area contributed by atoms with Crippen molar-refractivity contribution in [1.82, 2.24) is 0 Å². The molecule has 0 fully saturated rings. The highest BCUT2D eigenvalue weighted by Gasteiger charge is 2.33. The van der Waals surface area contributed by atoms with Crippen LogP contribution in [0.1, 0.15) is 30.9 Å². The van der Waals surface area contributed by atoms with Gasteiger partial charge in [-0.3, -0.25) is 4.79 Å². The van der Waals surface area contributed by atoms with Crippen molar-refractivity contribution < 1.29 is 4.79 Å². The lowest BCUT2D eigenvalue weighted by atomic mass is 9.89. The summed E-state index contributed by atoms with van der Waals surface area (Å²) in [5.74, 6) is 0.534. The number of aryl methyl sites for hydroxylation is 1. The first-order valence-electron chi connectivity index (χ1n) is 5.01. The van der Waals surface area contributed by atoms with Crippen LogP contribution in [0.3, 0.4) is 0 Å². The summed E-state index contributed by atoms with van der Waals surface area (Å²) < 4.78 is 0. The van der Waals surface area contributed by atoms with E-state index in [2.05, 4.69) is 19.2 Å². The van der Waals surface area contributed by atoms with Gasteiger partial charge < -0.3 is 5.32 Å². The molecule has 0 radical (unpaired) electrons. The summed E-state index contributed by atoms with van der Waals surface area (Å²) in [6, 6.07) is 6.09. The lowest BCUT2D eigenvalue weighted by Crippen LogP contribution is -2.16. The van der Waals surface area contributed by atoms with Crippen LogP contribution in [0.2, 0.25) is 0 Å². The van der Waals surface area contributed by atoms with E-state index in [0.29, 0.717) is 5.92 Å². The van der Waals surface area contributed by atoms with Crippen LogP contribution in [0.25, 0.3) is 0 Å². The molecule has 1 amide bonds. The molecule has 0 bridgehead atoms. The molecule has 2 heteroatoms. The van der Waals surface area contributed by atoms with Crippen molar-refractivity contribution in [1.29, 1.82) is 0 Å². The van der Waals surface area contributed by atoms with E-state index < -0.39 is 0 Å². The Kier molecular flexibility index (Phi) is 2.06. The predicted molar refractivity (Wildman–Crippen MR) is 57.4 cm³/mol. The molecule has 0 aliphatic carbocycles. The zero-order chi connectivity index (χ0) is 10.3. The Morgan fingerprint density at radius 3 is 2.71 bits per heavy atom. The number of fused-ring (bicyclic) bond motifs is 1. The summed E-state index contributed by atoms with van der Waals surface area (Å²) in [7, 11) is 0. The Morgan fingerprint density at radius 1 is 1.36 bits per heavy atom. The van der Waals surface area contributed by atoms with Crippen LogP contribution < -0.4 is 5.32 Å². The first-order chi connectivity index (χ1) is 6.61. The zero-order valence-electron chi connectivity index (χ0n) is 8.79. The monoisotopic (exact) mass is 189 g/mol. The number of carbonyl (C=O) groups excluding carboxylic acids is 1. The largest absolute Gasteiger partial charge is 0.325 e. The van der Waals surface area contributed by atoms with Crippen molar-refractivity contribution in [3.8, 4) is 0 Å². The van der Waals surface area contributed by atoms with Gasteiger partial charge in [0, 0.05) is 5.69 Å². The maximum atomic E-state index is 11.7. The van der Waals surface area contributed by atoms with Crippen LogP contribution in [-0.4, -0.2) is 5.91 Å². The molecule has 1 atom stereocenters. The standard InChI is InChI=1S/C12H15NO/c1-7(2)10-9-6-4-5-8(3)11(9)13-12(10)14/h4-7,10H,1-3H3,(H,13,14). The summed E-state index contributed by atoms with van der Waals surface area (Å²) in [5, 5.41) is 2.96. The minimum absolute atomic E-state index is 0.0323.